The van der Waals surface area contributed by atoms with Gasteiger partial charge in [0, 0.05) is 17.7 Å². The predicted molar refractivity (Wildman–Crippen MR) is 95.0 cm³/mol. The zero-order chi connectivity index (χ0) is 18.2. The number of hydrogen-bond donors (Lipinski definition) is 0. The first-order valence-electron chi connectivity index (χ1n) is 8.84. The van der Waals surface area contributed by atoms with E-state index in [4.69, 9.17) is 9.47 Å². The minimum atomic E-state index is -0.516. The molecular weight excluding hydrogens is 321 g/mol. The van der Waals surface area contributed by atoms with Crippen molar-refractivity contribution in [3.05, 3.63) is 35.7 Å². The number of methoxy groups -OCH3 is 1. The third-order valence-corrected chi connectivity index (χ3v) is 4.76. The minimum Gasteiger partial charge on any atom is -0.497 e. The van der Waals surface area contributed by atoms with Gasteiger partial charge in [-0.3, -0.25) is 4.90 Å². The molecule has 2 bridgehead atoms. The maximum Gasteiger partial charge on any atom is 0.411 e. The Hall–Kier alpha value is -2.04. The molecule has 0 saturated carbocycles. The van der Waals surface area contributed by atoms with Crippen molar-refractivity contribution in [3.8, 4) is 5.75 Å². The third kappa shape index (κ3) is 3.80. The number of carbonyl (C=O) groups excluding carboxylic acids is 1. The molecule has 1 aromatic rings. The van der Waals surface area contributed by atoms with Crippen LogP contribution < -0.4 is 4.74 Å². The van der Waals surface area contributed by atoms with Crippen molar-refractivity contribution in [2.45, 2.75) is 64.1 Å². The topological polar surface area (TPSA) is 38.8 Å². The zero-order valence-electron chi connectivity index (χ0n) is 15.3. The average Bonchev–Trinajstić information content (AvgIpc) is 2.51. The minimum absolute atomic E-state index is 0.0288. The molecule has 2 aliphatic heterocycles. The second kappa shape index (κ2) is 6.70. The van der Waals surface area contributed by atoms with E-state index in [9.17, 15) is 9.18 Å². The standard InChI is InChI=1S/C20H26FNO3/c1-20(2,3)25-19(23)22-14-6-5-7-15(22)11-13(10-14)17-9-8-16(24-4)12-18(17)21/h8-10,12,14-15H,5-7,11H2,1-4H3. The van der Waals surface area contributed by atoms with Gasteiger partial charge in [-0.05, 0) is 64.2 Å². The second-order valence-corrected chi connectivity index (χ2v) is 7.78. The third-order valence-electron chi connectivity index (χ3n) is 4.76. The molecule has 0 N–H and O–H groups in total. The van der Waals surface area contributed by atoms with Gasteiger partial charge in [0.2, 0.25) is 0 Å². The lowest BCUT2D eigenvalue weighted by Gasteiger charge is -2.45. The van der Waals surface area contributed by atoms with Gasteiger partial charge >= 0.3 is 6.09 Å². The summed E-state index contributed by atoms with van der Waals surface area (Å²) in [4.78, 5) is 14.5. The lowest BCUT2D eigenvalue weighted by atomic mass is 9.83. The molecule has 0 aromatic heterocycles. The van der Waals surface area contributed by atoms with E-state index in [1.54, 1.807) is 12.1 Å². The predicted octanol–water partition coefficient (Wildman–Crippen LogP) is 4.78. The van der Waals surface area contributed by atoms with Crippen LogP contribution in [-0.2, 0) is 4.74 Å². The molecule has 0 aliphatic carbocycles. The Kier molecular flexibility index (Phi) is 4.76. The van der Waals surface area contributed by atoms with Gasteiger partial charge in [-0.2, -0.15) is 0 Å². The number of benzene rings is 1. The van der Waals surface area contributed by atoms with Crippen LogP contribution in [0.3, 0.4) is 0 Å². The first-order chi connectivity index (χ1) is 11.8. The monoisotopic (exact) mass is 347 g/mol. The molecule has 2 atom stereocenters. The van der Waals surface area contributed by atoms with Crippen molar-refractivity contribution in [3.63, 3.8) is 0 Å². The smallest absolute Gasteiger partial charge is 0.411 e. The largest absolute Gasteiger partial charge is 0.497 e. The second-order valence-electron chi connectivity index (χ2n) is 7.78. The van der Waals surface area contributed by atoms with Gasteiger partial charge in [0.25, 0.3) is 0 Å². The average molecular weight is 347 g/mol. The van der Waals surface area contributed by atoms with Crippen molar-refractivity contribution < 1.29 is 18.7 Å². The number of amides is 1. The molecule has 1 fully saturated rings. The zero-order valence-corrected chi connectivity index (χ0v) is 15.3. The van der Waals surface area contributed by atoms with E-state index in [2.05, 4.69) is 0 Å². The van der Waals surface area contributed by atoms with E-state index in [1.807, 2.05) is 31.7 Å². The Morgan fingerprint density at radius 3 is 2.64 bits per heavy atom. The van der Waals surface area contributed by atoms with Gasteiger partial charge < -0.3 is 9.47 Å². The number of piperidine rings is 1. The Balaban J connectivity index is 1.87. The van der Waals surface area contributed by atoms with E-state index in [0.717, 1.165) is 24.8 Å². The Morgan fingerprint density at radius 1 is 1.28 bits per heavy atom. The summed E-state index contributed by atoms with van der Waals surface area (Å²) in [6.07, 6.45) is 5.29. The molecule has 5 heteroatoms. The van der Waals surface area contributed by atoms with Crippen LogP contribution in [0.2, 0.25) is 0 Å². The van der Waals surface area contributed by atoms with Gasteiger partial charge in [-0.15, -0.1) is 0 Å². The van der Waals surface area contributed by atoms with E-state index >= 15 is 0 Å². The molecule has 4 nitrogen and oxygen atoms in total. The number of carbonyl (C=O) groups is 1. The Morgan fingerprint density at radius 2 is 2.04 bits per heavy atom. The normalized spacial score (nSPS) is 23.1. The van der Waals surface area contributed by atoms with E-state index in [1.165, 1.54) is 13.2 Å². The van der Waals surface area contributed by atoms with Crippen molar-refractivity contribution in [2.75, 3.05) is 7.11 Å². The number of ether oxygens (including phenoxy) is 2. The molecular formula is C20H26FNO3. The van der Waals surface area contributed by atoms with E-state index in [0.29, 0.717) is 17.7 Å². The first-order valence-corrected chi connectivity index (χ1v) is 8.84. The molecule has 0 spiro atoms. The van der Waals surface area contributed by atoms with Crippen LogP contribution in [0.1, 0.15) is 52.0 Å². The van der Waals surface area contributed by atoms with Gasteiger partial charge in [0.1, 0.15) is 17.2 Å². The highest BCUT2D eigenvalue weighted by Gasteiger charge is 2.39. The van der Waals surface area contributed by atoms with Crippen LogP contribution in [0.15, 0.2) is 24.3 Å². The van der Waals surface area contributed by atoms with E-state index < -0.39 is 5.60 Å². The van der Waals surface area contributed by atoms with Gasteiger partial charge in [-0.1, -0.05) is 6.08 Å². The summed E-state index contributed by atoms with van der Waals surface area (Å²) in [5, 5.41) is 0. The molecule has 3 rings (SSSR count). The highest BCUT2D eigenvalue weighted by atomic mass is 19.1. The highest BCUT2D eigenvalue weighted by molar-refractivity contribution is 5.75. The summed E-state index contributed by atoms with van der Waals surface area (Å²) >= 11 is 0. The van der Waals surface area contributed by atoms with Gasteiger partial charge in [-0.25, -0.2) is 9.18 Å². The Labute approximate surface area is 148 Å². The Bertz CT molecular complexity index is 693. The van der Waals surface area contributed by atoms with Crippen LogP contribution in [0.25, 0.3) is 5.57 Å². The number of halogens is 1. The molecule has 25 heavy (non-hydrogen) atoms. The highest BCUT2D eigenvalue weighted by Crippen LogP contribution is 2.39. The number of hydrogen-bond acceptors (Lipinski definition) is 3. The first kappa shape index (κ1) is 17.8. The van der Waals surface area contributed by atoms with Crippen LogP contribution in [0.4, 0.5) is 9.18 Å². The number of nitrogens with zero attached hydrogens (tertiary/aromatic N) is 1. The quantitative estimate of drug-likeness (QED) is 0.773. The SMILES string of the molecule is COc1ccc(C2=CC3CCCC(C2)N3C(=O)OC(C)(C)C)c(F)c1. The van der Waals surface area contributed by atoms with Crippen molar-refractivity contribution in [1.82, 2.24) is 4.90 Å². The molecule has 1 amide bonds. The van der Waals surface area contributed by atoms with Crippen LogP contribution >= 0.6 is 0 Å². The molecule has 0 radical (unpaired) electrons. The summed E-state index contributed by atoms with van der Waals surface area (Å²) in [5.74, 6) is 0.225. The lowest BCUT2D eigenvalue weighted by Crippen LogP contribution is -2.53. The fraction of sp³-hybridized carbons (Fsp3) is 0.550. The van der Waals surface area contributed by atoms with Crippen LogP contribution in [0, 0.1) is 5.82 Å². The fourth-order valence-corrected chi connectivity index (χ4v) is 3.71. The number of rotatable bonds is 2. The van der Waals surface area contributed by atoms with Crippen LogP contribution in [-0.4, -0.2) is 35.8 Å². The molecule has 136 valence electrons. The summed E-state index contributed by atoms with van der Waals surface area (Å²) in [6, 6.07) is 4.98. The summed E-state index contributed by atoms with van der Waals surface area (Å²) in [6.45, 7) is 5.62. The van der Waals surface area contributed by atoms with Crippen molar-refractivity contribution in [1.29, 1.82) is 0 Å². The molecule has 2 heterocycles. The van der Waals surface area contributed by atoms with Gasteiger partial charge in [0.15, 0.2) is 0 Å². The van der Waals surface area contributed by atoms with Crippen molar-refractivity contribution >= 4 is 11.7 Å². The summed E-state index contributed by atoms with van der Waals surface area (Å²) in [7, 11) is 1.53. The number of fused-ring (bicyclic) bond motifs is 2. The summed E-state index contributed by atoms with van der Waals surface area (Å²) in [5.41, 5.74) is 1.05. The van der Waals surface area contributed by atoms with Crippen LogP contribution in [0.5, 0.6) is 5.75 Å². The van der Waals surface area contributed by atoms with Gasteiger partial charge in [0.05, 0.1) is 13.2 Å². The van der Waals surface area contributed by atoms with Crippen molar-refractivity contribution in [2.24, 2.45) is 0 Å². The maximum absolute atomic E-state index is 14.4. The lowest BCUT2D eigenvalue weighted by molar-refractivity contribution is 0.0000787. The summed E-state index contributed by atoms with van der Waals surface area (Å²) < 4.78 is 25.1. The molecule has 2 unspecified atom stereocenters. The fourth-order valence-electron chi connectivity index (χ4n) is 3.71. The molecule has 2 aliphatic rings. The maximum atomic E-state index is 14.4. The molecule has 1 saturated heterocycles. The molecule has 1 aromatic carbocycles. The van der Waals surface area contributed by atoms with E-state index in [-0.39, 0.29) is 24.0 Å².